The Bertz CT molecular complexity index is 818. The first-order chi connectivity index (χ1) is 26.5. The minimum Gasteiger partial charge on any atom is -0.395 e. The number of nitrogens with zero attached hydrogens (tertiary/aromatic N) is 1. The van der Waals surface area contributed by atoms with Crippen molar-refractivity contribution in [2.24, 2.45) is 17.8 Å². The van der Waals surface area contributed by atoms with Crippen LogP contribution in [0.1, 0.15) is 215 Å². The summed E-state index contributed by atoms with van der Waals surface area (Å²) in [5, 5.41) is 18.5. The van der Waals surface area contributed by atoms with E-state index in [1.165, 1.54) is 134 Å². The fraction of sp³-hybridized carbons (Fsp3) is 0.958. The Labute approximate surface area is 346 Å². The maximum Gasteiger partial charge on any atom is 0.333 e. The van der Waals surface area contributed by atoms with E-state index in [9.17, 15) is 10.2 Å². The lowest BCUT2D eigenvalue weighted by Crippen LogP contribution is -2.40. The second-order valence-corrected chi connectivity index (χ2v) is 21.6. The topological polar surface area (TPSA) is 71.4 Å². The average molecular weight is 798 g/mol. The van der Waals surface area contributed by atoms with Gasteiger partial charge in [0.1, 0.15) is 6.29 Å². The average Bonchev–Trinajstić information content (AvgIpc) is 3.12. The summed E-state index contributed by atoms with van der Waals surface area (Å²) in [6.45, 7) is 22.3. The number of rotatable bonds is 43. The number of hydrogen-bond acceptors (Lipinski definition) is 6. The van der Waals surface area contributed by atoms with E-state index in [4.69, 9.17) is 13.6 Å². The van der Waals surface area contributed by atoms with Gasteiger partial charge in [0.25, 0.3) is 0 Å². The third-order valence-corrected chi connectivity index (χ3v) is 13.2. The molecular weight excluding hydrogens is 699 g/mol. The summed E-state index contributed by atoms with van der Waals surface area (Å²) in [5.74, 6) is 2.53. The molecule has 6 nitrogen and oxygen atoms in total. The highest BCUT2D eigenvalue weighted by molar-refractivity contribution is 6.64. The van der Waals surface area contributed by atoms with Crippen molar-refractivity contribution in [1.82, 2.24) is 4.90 Å². The fourth-order valence-electron chi connectivity index (χ4n) is 7.69. The van der Waals surface area contributed by atoms with Gasteiger partial charge in [-0.1, -0.05) is 181 Å². The summed E-state index contributed by atoms with van der Waals surface area (Å²) in [6, 6.07) is 0. The molecule has 0 aromatic carbocycles. The number of ether oxygens (including phenoxy) is 1. The highest BCUT2D eigenvalue weighted by Gasteiger charge is 2.29. The van der Waals surface area contributed by atoms with E-state index in [-0.39, 0.29) is 19.5 Å². The van der Waals surface area contributed by atoms with Gasteiger partial charge in [0.15, 0.2) is 0 Å². The summed E-state index contributed by atoms with van der Waals surface area (Å²) in [4.78, 5) is 2.13. The summed E-state index contributed by atoms with van der Waals surface area (Å²) >= 11 is 0. The molecule has 0 aromatic heterocycles. The van der Waals surface area contributed by atoms with Crippen molar-refractivity contribution < 1.29 is 23.8 Å². The maximum absolute atomic E-state index is 9.23. The summed E-state index contributed by atoms with van der Waals surface area (Å²) in [5.41, 5.74) is 1.44. The van der Waals surface area contributed by atoms with Crippen molar-refractivity contribution >= 4 is 8.56 Å². The number of aliphatic hydroxyl groups excluding tert-OH is 2. The fourth-order valence-corrected chi connectivity index (χ4v) is 9.21. The molecule has 7 heteroatoms. The predicted molar refractivity (Wildman–Crippen MR) is 242 cm³/mol. The van der Waals surface area contributed by atoms with E-state index in [1.54, 1.807) is 0 Å². The molecule has 0 spiro atoms. The molecule has 0 aromatic rings. The van der Waals surface area contributed by atoms with Crippen molar-refractivity contribution in [2.75, 3.05) is 46.1 Å². The highest BCUT2D eigenvalue weighted by atomic mass is 28.4. The van der Waals surface area contributed by atoms with Gasteiger partial charge >= 0.3 is 8.56 Å². The van der Waals surface area contributed by atoms with Crippen LogP contribution >= 0.6 is 0 Å². The molecule has 0 aliphatic heterocycles. The van der Waals surface area contributed by atoms with Gasteiger partial charge in [-0.15, -0.1) is 0 Å². The summed E-state index contributed by atoms with van der Waals surface area (Å²) in [7, 11) is -2.33. The van der Waals surface area contributed by atoms with Gasteiger partial charge in [-0.3, -0.25) is 4.90 Å². The van der Waals surface area contributed by atoms with Crippen LogP contribution in [0.2, 0.25) is 13.1 Å². The smallest absolute Gasteiger partial charge is 0.333 e. The van der Waals surface area contributed by atoms with Crippen molar-refractivity contribution in [3.63, 3.8) is 0 Å². The molecule has 0 heterocycles. The molecule has 0 aliphatic carbocycles. The van der Waals surface area contributed by atoms with Gasteiger partial charge in [0.05, 0.1) is 19.8 Å². The summed E-state index contributed by atoms with van der Waals surface area (Å²) < 4.78 is 19.5. The Morgan fingerprint density at radius 2 is 1.07 bits per heavy atom. The molecule has 3 unspecified atom stereocenters. The van der Waals surface area contributed by atoms with Crippen LogP contribution in [0.15, 0.2) is 11.6 Å². The minimum absolute atomic E-state index is 0.144. The Hall–Kier alpha value is -0.283. The zero-order chi connectivity index (χ0) is 40.8. The Morgan fingerprint density at radius 1 is 0.582 bits per heavy atom. The Kier molecular flexibility index (Phi) is 39.0. The van der Waals surface area contributed by atoms with Crippen LogP contribution < -0.4 is 0 Å². The van der Waals surface area contributed by atoms with Gasteiger partial charge in [-0.05, 0) is 82.8 Å². The Morgan fingerprint density at radius 3 is 1.62 bits per heavy atom. The molecule has 330 valence electrons. The first kappa shape index (κ1) is 54.7. The summed E-state index contributed by atoms with van der Waals surface area (Å²) in [6.07, 6.45) is 37.1. The minimum atomic E-state index is -2.33. The van der Waals surface area contributed by atoms with E-state index < -0.39 is 8.56 Å². The molecule has 0 rings (SSSR count). The molecule has 2 N–H and O–H groups in total. The molecule has 0 amide bonds. The van der Waals surface area contributed by atoms with Crippen molar-refractivity contribution in [1.29, 1.82) is 0 Å². The molecular formula is C48H99NO5Si. The molecule has 0 bridgehead atoms. The van der Waals surface area contributed by atoms with Crippen LogP contribution in [0.5, 0.6) is 0 Å². The highest BCUT2D eigenvalue weighted by Crippen LogP contribution is 2.23. The Balaban J connectivity index is 4.62. The molecule has 0 radical (unpaired) electrons. The van der Waals surface area contributed by atoms with Crippen LogP contribution in [0, 0.1) is 17.8 Å². The first-order valence-electron chi connectivity index (χ1n) is 24.1. The van der Waals surface area contributed by atoms with Crippen molar-refractivity contribution in [3.05, 3.63) is 11.6 Å². The molecule has 0 saturated carbocycles. The van der Waals surface area contributed by atoms with Crippen LogP contribution in [-0.4, -0.2) is 76.0 Å². The lowest BCUT2D eigenvalue weighted by Gasteiger charge is -2.29. The third-order valence-electron chi connectivity index (χ3n) is 11.5. The normalized spacial score (nSPS) is 14.4. The van der Waals surface area contributed by atoms with Gasteiger partial charge in [-0.2, -0.15) is 0 Å². The zero-order valence-corrected chi connectivity index (χ0v) is 39.5. The van der Waals surface area contributed by atoms with Gasteiger partial charge in [0.2, 0.25) is 0 Å². The number of aliphatic hydroxyl groups is 2. The van der Waals surface area contributed by atoms with E-state index >= 15 is 0 Å². The predicted octanol–water partition coefficient (Wildman–Crippen LogP) is 13.8. The second-order valence-electron chi connectivity index (χ2n) is 18.3. The van der Waals surface area contributed by atoms with Crippen LogP contribution in [-0.2, 0) is 13.6 Å². The SMILES string of the molecule is CCCCCCCCCCCCCCCC(OC/C=C(\C)CCCC(C)CCCC(C)CCCC(C)C)O[Si](C)(C)OCCCCCCN(CCO)CCO. The molecule has 55 heavy (non-hydrogen) atoms. The van der Waals surface area contributed by atoms with Gasteiger partial charge in [-0.25, -0.2) is 0 Å². The monoisotopic (exact) mass is 798 g/mol. The standard InChI is InChI=1S/C48H99NO5Si/c1-9-10-11-12-13-14-15-16-17-18-19-20-23-35-48(54-55(7,8)53-42-25-22-21-24-37-49(38-40-50)39-41-51)52-43-36-47(6)34-28-33-46(5)32-27-31-45(4)30-26-29-44(2)3/h36,44-46,48,50-51H,9-35,37-43H2,1-8H3/b47-36+. The quantitative estimate of drug-likeness (QED) is 0.0277. The molecule has 0 fully saturated rings. The van der Waals surface area contributed by atoms with Crippen LogP contribution in [0.25, 0.3) is 0 Å². The van der Waals surface area contributed by atoms with Gasteiger partial charge in [0, 0.05) is 19.7 Å². The first-order valence-corrected chi connectivity index (χ1v) is 26.9. The van der Waals surface area contributed by atoms with Crippen molar-refractivity contribution in [3.8, 4) is 0 Å². The van der Waals surface area contributed by atoms with Crippen molar-refractivity contribution in [2.45, 2.75) is 234 Å². The van der Waals surface area contributed by atoms with E-state index in [0.717, 1.165) is 75.9 Å². The number of unbranched alkanes of at least 4 members (excludes halogenated alkanes) is 15. The lowest BCUT2D eigenvalue weighted by molar-refractivity contribution is -0.0939. The van der Waals surface area contributed by atoms with Crippen LogP contribution in [0.3, 0.4) is 0 Å². The second kappa shape index (κ2) is 39.2. The number of allylic oxidation sites excluding steroid dienone is 1. The van der Waals surface area contributed by atoms with E-state index in [1.807, 2.05) is 0 Å². The molecule has 0 saturated heterocycles. The zero-order valence-electron chi connectivity index (χ0n) is 38.5. The van der Waals surface area contributed by atoms with E-state index in [0.29, 0.717) is 19.7 Å². The maximum atomic E-state index is 9.23. The molecule has 3 atom stereocenters. The third kappa shape index (κ3) is 39.0. The number of hydrogen-bond donors (Lipinski definition) is 2. The van der Waals surface area contributed by atoms with Crippen LogP contribution in [0.4, 0.5) is 0 Å². The van der Waals surface area contributed by atoms with Gasteiger partial charge < -0.3 is 23.8 Å². The molecule has 0 aliphatic rings. The lowest BCUT2D eigenvalue weighted by atomic mass is 9.91. The van der Waals surface area contributed by atoms with E-state index in [2.05, 4.69) is 65.6 Å². The largest absolute Gasteiger partial charge is 0.395 e.